The number of hydrogen-bond acceptors (Lipinski definition) is 3. The van der Waals surface area contributed by atoms with Gasteiger partial charge in [0.15, 0.2) is 0 Å². The summed E-state index contributed by atoms with van der Waals surface area (Å²) in [6.45, 7) is 7.52. The highest BCUT2D eigenvalue weighted by Crippen LogP contribution is 2.39. The molecular weight excluding hydrogens is 322 g/mol. The first-order chi connectivity index (χ1) is 10.9. The number of hydrogen-bond donors (Lipinski definition) is 0. The van der Waals surface area contributed by atoms with Crippen molar-refractivity contribution in [2.75, 3.05) is 12.3 Å². The van der Waals surface area contributed by atoms with Crippen LogP contribution in [0.15, 0.2) is 41.8 Å². The van der Waals surface area contributed by atoms with Gasteiger partial charge in [0.1, 0.15) is 5.37 Å². The van der Waals surface area contributed by atoms with Gasteiger partial charge >= 0.3 is 0 Å². The average Bonchev–Trinajstić information content (AvgIpc) is 3.17. The van der Waals surface area contributed by atoms with Gasteiger partial charge in [0.2, 0.25) is 5.91 Å². The van der Waals surface area contributed by atoms with E-state index in [9.17, 15) is 4.79 Å². The van der Waals surface area contributed by atoms with E-state index in [4.69, 9.17) is 0 Å². The summed E-state index contributed by atoms with van der Waals surface area (Å²) in [5.41, 5.74) is 2.73. The molecule has 0 spiro atoms. The maximum absolute atomic E-state index is 12.6. The zero-order valence-corrected chi connectivity index (χ0v) is 15.5. The van der Waals surface area contributed by atoms with Crippen molar-refractivity contribution >= 4 is 29.0 Å². The second kappa shape index (κ2) is 6.70. The molecule has 1 saturated heterocycles. The zero-order chi connectivity index (χ0) is 16.4. The monoisotopic (exact) mass is 345 g/mol. The summed E-state index contributed by atoms with van der Waals surface area (Å²) >= 11 is 3.52. The van der Waals surface area contributed by atoms with Crippen molar-refractivity contribution in [3.63, 3.8) is 0 Å². The number of thiophene rings is 1. The van der Waals surface area contributed by atoms with Crippen LogP contribution < -0.4 is 0 Å². The van der Waals surface area contributed by atoms with Crippen molar-refractivity contribution in [3.05, 3.63) is 57.8 Å². The number of amides is 1. The molecule has 0 radical (unpaired) electrons. The van der Waals surface area contributed by atoms with E-state index in [0.717, 1.165) is 17.2 Å². The van der Waals surface area contributed by atoms with E-state index in [-0.39, 0.29) is 16.7 Å². The van der Waals surface area contributed by atoms with Gasteiger partial charge in [-0.3, -0.25) is 4.79 Å². The smallest absolute Gasteiger partial charge is 0.229 e. The van der Waals surface area contributed by atoms with E-state index < -0.39 is 0 Å². The van der Waals surface area contributed by atoms with Crippen LogP contribution in [-0.2, 0) is 16.6 Å². The lowest BCUT2D eigenvalue weighted by atomic mass is 9.86. The minimum atomic E-state index is 0.163. The predicted molar refractivity (Wildman–Crippen MR) is 100 cm³/mol. The van der Waals surface area contributed by atoms with E-state index in [1.54, 1.807) is 11.3 Å². The molecule has 1 amide bonds. The SMILES string of the molecule is CC(C)(C)c1ccc([C@H]2SCCN2C(=O)Cc2cccs2)cc1. The van der Waals surface area contributed by atoms with E-state index in [0.29, 0.717) is 6.42 Å². The van der Waals surface area contributed by atoms with Gasteiger partial charge in [-0.05, 0) is 28.0 Å². The molecule has 1 aromatic carbocycles. The molecule has 0 N–H and O–H groups in total. The summed E-state index contributed by atoms with van der Waals surface area (Å²) in [4.78, 5) is 15.8. The summed E-state index contributed by atoms with van der Waals surface area (Å²) in [5.74, 6) is 1.25. The van der Waals surface area contributed by atoms with Crippen molar-refractivity contribution < 1.29 is 4.79 Å². The molecule has 1 fully saturated rings. The molecule has 23 heavy (non-hydrogen) atoms. The van der Waals surface area contributed by atoms with Crippen LogP contribution >= 0.6 is 23.1 Å². The van der Waals surface area contributed by atoms with Crippen LogP contribution in [0.4, 0.5) is 0 Å². The zero-order valence-electron chi connectivity index (χ0n) is 13.9. The first-order valence-electron chi connectivity index (χ1n) is 7.99. The molecule has 0 unspecified atom stereocenters. The van der Waals surface area contributed by atoms with E-state index in [1.807, 2.05) is 34.2 Å². The highest BCUT2D eigenvalue weighted by molar-refractivity contribution is 7.99. The van der Waals surface area contributed by atoms with Crippen molar-refractivity contribution in [2.45, 2.75) is 38.0 Å². The Bertz CT molecular complexity index is 656. The molecule has 0 aliphatic carbocycles. The van der Waals surface area contributed by atoms with Gasteiger partial charge in [0.05, 0.1) is 6.42 Å². The van der Waals surface area contributed by atoms with Crippen LogP contribution in [0.25, 0.3) is 0 Å². The van der Waals surface area contributed by atoms with E-state index in [1.165, 1.54) is 11.1 Å². The molecule has 3 rings (SSSR count). The van der Waals surface area contributed by atoms with Gasteiger partial charge in [-0.15, -0.1) is 23.1 Å². The number of carbonyl (C=O) groups excluding carboxylic acids is 1. The van der Waals surface area contributed by atoms with Gasteiger partial charge in [-0.1, -0.05) is 51.1 Å². The fourth-order valence-electron chi connectivity index (χ4n) is 2.81. The lowest BCUT2D eigenvalue weighted by Crippen LogP contribution is -2.31. The fourth-order valence-corrected chi connectivity index (χ4v) is 4.79. The minimum absolute atomic E-state index is 0.163. The Balaban J connectivity index is 1.74. The maximum atomic E-state index is 12.6. The Morgan fingerprint density at radius 2 is 1.96 bits per heavy atom. The number of thioether (sulfide) groups is 1. The Kier molecular flexibility index (Phi) is 4.83. The molecule has 1 aromatic heterocycles. The molecule has 1 aliphatic heterocycles. The van der Waals surface area contributed by atoms with Crippen molar-refractivity contribution in [1.82, 2.24) is 4.90 Å². The predicted octanol–water partition coefficient (Wildman–Crippen LogP) is 4.86. The molecule has 122 valence electrons. The normalized spacial score (nSPS) is 18.4. The summed E-state index contributed by atoms with van der Waals surface area (Å²) in [7, 11) is 0. The summed E-state index contributed by atoms with van der Waals surface area (Å²) in [6, 6.07) is 12.8. The summed E-state index contributed by atoms with van der Waals surface area (Å²) in [6.07, 6.45) is 0.523. The van der Waals surface area contributed by atoms with Gasteiger partial charge in [0, 0.05) is 17.2 Å². The molecule has 2 aromatic rings. The Labute approximate surface area is 146 Å². The third-order valence-corrected chi connectivity index (χ3v) is 6.32. The van der Waals surface area contributed by atoms with Gasteiger partial charge in [0.25, 0.3) is 0 Å². The second-order valence-electron chi connectivity index (χ2n) is 6.94. The average molecular weight is 346 g/mol. The Hall–Kier alpha value is -1.26. The highest BCUT2D eigenvalue weighted by Gasteiger charge is 2.30. The topological polar surface area (TPSA) is 20.3 Å². The molecule has 1 atom stereocenters. The minimum Gasteiger partial charge on any atom is -0.325 e. The second-order valence-corrected chi connectivity index (χ2v) is 9.16. The van der Waals surface area contributed by atoms with Gasteiger partial charge < -0.3 is 4.90 Å². The fraction of sp³-hybridized carbons (Fsp3) is 0.421. The van der Waals surface area contributed by atoms with Crippen LogP contribution in [0, 0.1) is 0 Å². The molecule has 0 bridgehead atoms. The summed E-state index contributed by atoms with van der Waals surface area (Å²) < 4.78 is 0. The number of nitrogens with zero attached hydrogens (tertiary/aromatic N) is 1. The largest absolute Gasteiger partial charge is 0.325 e. The maximum Gasteiger partial charge on any atom is 0.229 e. The molecular formula is C19H23NOS2. The van der Waals surface area contributed by atoms with Gasteiger partial charge in [-0.25, -0.2) is 0 Å². The van der Waals surface area contributed by atoms with Crippen LogP contribution in [-0.4, -0.2) is 23.1 Å². The standard InChI is InChI=1S/C19H23NOS2/c1-19(2,3)15-8-6-14(7-9-15)18-20(10-12-23-18)17(21)13-16-5-4-11-22-16/h4-9,11,18H,10,12-13H2,1-3H3/t18-/m1/s1. The summed E-state index contributed by atoms with van der Waals surface area (Å²) in [5, 5.41) is 2.20. The molecule has 2 heterocycles. The Morgan fingerprint density at radius 3 is 2.57 bits per heavy atom. The van der Waals surface area contributed by atoms with Crippen molar-refractivity contribution in [3.8, 4) is 0 Å². The highest BCUT2D eigenvalue weighted by atomic mass is 32.2. The van der Waals surface area contributed by atoms with Crippen molar-refractivity contribution in [1.29, 1.82) is 0 Å². The third kappa shape index (κ3) is 3.81. The molecule has 4 heteroatoms. The molecule has 1 aliphatic rings. The van der Waals surface area contributed by atoms with Crippen LogP contribution in [0.2, 0.25) is 0 Å². The molecule has 0 saturated carbocycles. The van der Waals surface area contributed by atoms with Crippen molar-refractivity contribution in [2.24, 2.45) is 0 Å². The van der Waals surface area contributed by atoms with E-state index >= 15 is 0 Å². The quantitative estimate of drug-likeness (QED) is 0.791. The van der Waals surface area contributed by atoms with Crippen LogP contribution in [0.3, 0.4) is 0 Å². The lowest BCUT2D eigenvalue weighted by molar-refractivity contribution is -0.130. The number of carbonyl (C=O) groups is 1. The van der Waals surface area contributed by atoms with Gasteiger partial charge in [-0.2, -0.15) is 0 Å². The van der Waals surface area contributed by atoms with Crippen LogP contribution in [0.5, 0.6) is 0 Å². The lowest BCUT2D eigenvalue weighted by Gasteiger charge is -2.25. The first kappa shape index (κ1) is 16.6. The van der Waals surface area contributed by atoms with Crippen LogP contribution in [0.1, 0.15) is 42.1 Å². The third-order valence-electron chi connectivity index (χ3n) is 4.18. The van der Waals surface area contributed by atoms with E-state index in [2.05, 4.69) is 45.0 Å². The Morgan fingerprint density at radius 1 is 1.22 bits per heavy atom. The number of benzene rings is 1. The number of rotatable bonds is 3. The molecule has 2 nitrogen and oxygen atoms in total. The first-order valence-corrected chi connectivity index (χ1v) is 9.92.